The van der Waals surface area contributed by atoms with E-state index < -0.39 is 20.9 Å². The normalized spacial score (nSPS) is 12.0. The summed E-state index contributed by atoms with van der Waals surface area (Å²) in [5.74, 6) is -0.412. The highest BCUT2D eigenvalue weighted by atomic mass is 32.2. The van der Waals surface area contributed by atoms with Gasteiger partial charge in [0.25, 0.3) is 10.0 Å². The summed E-state index contributed by atoms with van der Waals surface area (Å²) in [6.45, 7) is 5.36. The first-order chi connectivity index (χ1) is 8.93. The molecule has 1 heterocycles. The van der Waals surface area contributed by atoms with E-state index in [1.54, 1.807) is 0 Å². The van der Waals surface area contributed by atoms with Crippen LogP contribution in [0.5, 0.6) is 0 Å². The third-order valence-electron chi connectivity index (χ3n) is 2.19. The van der Waals surface area contributed by atoms with Crippen LogP contribution in [0.3, 0.4) is 0 Å². The third kappa shape index (κ3) is 5.63. The number of nitrogens with zero attached hydrogens (tertiary/aromatic N) is 1. The molecule has 0 radical (unpaired) electrons. The van der Waals surface area contributed by atoms with Crippen molar-refractivity contribution in [2.45, 2.75) is 25.3 Å². The van der Waals surface area contributed by atoms with Gasteiger partial charge in [0.05, 0.1) is 0 Å². The maximum absolute atomic E-state index is 13.3. The Bertz CT molecular complexity index is 492. The lowest BCUT2D eigenvalue weighted by Gasteiger charge is -2.08. The molecule has 0 aromatic carbocycles. The molecule has 5 nitrogen and oxygen atoms in total. The number of hydrogen-bond acceptors (Lipinski definition) is 4. The molecule has 1 aromatic rings. The van der Waals surface area contributed by atoms with Crippen molar-refractivity contribution in [3.63, 3.8) is 0 Å². The van der Waals surface area contributed by atoms with E-state index in [-0.39, 0.29) is 6.54 Å². The molecule has 108 valence electrons. The van der Waals surface area contributed by atoms with Crippen LogP contribution in [-0.4, -0.2) is 33.2 Å². The van der Waals surface area contributed by atoms with Gasteiger partial charge in [0.1, 0.15) is 0 Å². The number of hydrogen-bond donors (Lipinski definition) is 1. The summed E-state index contributed by atoms with van der Waals surface area (Å²) in [7, 11) is -3.89. The van der Waals surface area contributed by atoms with Gasteiger partial charge in [-0.1, -0.05) is 13.8 Å². The van der Waals surface area contributed by atoms with Gasteiger partial charge in [-0.25, -0.2) is 22.5 Å². The van der Waals surface area contributed by atoms with Crippen molar-refractivity contribution in [3.05, 3.63) is 24.1 Å². The maximum atomic E-state index is 13.3. The maximum Gasteiger partial charge on any atom is 0.261 e. The molecule has 7 heteroatoms. The van der Waals surface area contributed by atoms with Gasteiger partial charge in [-0.2, -0.15) is 0 Å². The molecule has 1 N–H and O–H groups in total. The first-order valence-electron chi connectivity index (χ1n) is 6.11. The molecule has 0 bridgehead atoms. The smallest absolute Gasteiger partial charge is 0.261 e. The fourth-order valence-electron chi connectivity index (χ4n) is 1.34. The summed E-state index contributed by atoms with van der Waals surface area (Å²) >= 11 is 0. The van der Waals surface area contributed by atoms with Crippen LogP contribution in [-0.2, 0) is 14.8 Å². The van der Waals surface area contributed by atoms with Crippen LogP contribution in [0.1, 0.15) is 20.3 Å². The Kier molecular flexibility index (Phi) is 6.33. The van der Waals surface area contributed by atoms with Gasteiger partial charge in [0.15, 0.2) is 5.82 Å². The lowest BCUT2D eigenvalue weighted by molar-refractivity contribution is 0.108. The van der Waals surface area contributed by atoms with Crippen molar-refractivity contribution in [2.75, 3.05) is 19.8 Å². The molecule has 0 saturated heterocycles. The minimum Gasteiger partial charge on any atom is -0.381 e. The zero-order chi connectivity index (χ0) is 14.3. The molecule has 0 aliphatic rings. The quantitative estimate of drug-likeness (QED) is 0.738. The molecule has 0 aliphatic heterocycles. The number of ether oxygens (including phenoxy) is 1. The van der Waals surface area contributed by atoms with Crippen LogP contribution in [0.4, 0.5) is 4.39 Å². The average Bonchev–Trinajstić information content (AvgIpc) is 2.33. The molecule has 0 atom stereocenters. The van der Waals surface area contributed by atoms with Gasteiger partial charge in [0, 0.05) is 26.0 Å². The van der Waals surface area contributed by atoms with Crippen molar-refractivity contribution in [1.29, 1.82) is 0 Å². The Morgan fingerprint density at radius 3 is 2.84 bits per heavy atom. The Labute approximate surface area is 113 Å². The minimum absolute atomic E-state index is 0.191. The first kappa shape index (κ1) is 16.0. The Hall–Kier alpha value is -1.05. The highest BCUT2D eigenvalue weighted by Gasteiger charge is 2.19. The van der Waals surface area contributed by atoms with Gasteiger partial charge in [-0.15, -0.1) is 0 Å². The SMILES string of the molecule is CC(C)COCCCNS(=O)(=O)c1ncccc1F. The molecule has 0 aliphatic carbocycles. The van der Waals surface area contributed by atoms with Crippen LogP contribution < -0.4 is 4.72 Å². The highest BCUT2D eigenvalue weighted by Crippen LogP contribution is 2.09. The summed E-state index contributed by atoms with van der Waals surface area (Å²) in [6, 6.07) is 2.40. The van der Waals surface area contributed by atoms with Crippen molar-refractivity contribution < 1.29 is 17.5 Å². The van der Waals surface area contributed by atoms with Gasteiger partial charge in [-0.3, -0.25) is 0 Å². The van der Waals surface area contributed by atoms with Gasteiger partial charge in [-0.05, 0) is 24.5 Å². The second-order valence-electron chi connectivity index (χ2n) is 4.51. The molecule has 1 rings (SSSR count). The Balaban J connectivity index is 2.38. The van der Waals surface area contributed by atoms with Crippen LogP contribution in [0.15, 0.2) is 23.4 Å². The summed E-state index contributed by atoms with van der Waals surface area (Å²) in [5, 5.41) is -0.571. The number of nitrogens with one attached hydrogen (secondary N) is 1. The van der Waals surface area contributed by atoms with Crippen LogP contribution >= 0.6 is 0 Å². The van der Waals surface area contributed by atoms with E-state index in [2.05, 4.69) is 9.71 Å². The molecule has 0 unspecified atom stereocenters. The average molecular weight is 290 g/mol. The molecular formula is C12H19FN2O3S. The minimum atomic E-state index is -3.89. The van der Waals surface area contributed by atoms with Crippen LogP contribution in [0, 0.1) is 11.7 Å². The Morgan fingerprint density at radius 1 is 1.47 bits per heavy atom. The number of halogens is 1. The van der Waals surface area contributed by atoms with E-state index in [1.165, 1.54) is 12.3 Å². The standard InChI is InChI=1S/C12H19FN2O3S/c1-10(2)9-18-8-4-7-15-19(16,17)12-11(13)5-3-6-14-12/h3,5-6,10,15H,4,7-9H2,1-2H3. The molecule has 0 saturated carbocycles. The monoisotopic (exact) mass is 290 g/mol. The lowest BCUT2D eigenvalue weighted by Crippen LogP contribution is -2.27. The zero-order valence-electron chi connectivity index (χ0n) is 11.1. The summed E-state index contributed by atoms with van der Waals surface area (Å²) in [5.41, 5.74) is 0. The molecular weight excluding hydrogens is 271 g/mol. The van der Waals surface area contributed by atoms with Crippen molar-refractivity contribution >= 4 is 10.0 Å². The first-order valence-corrected chi connectivity index (χ1v) is 7.59. The van der Waals surface area contributed by atoms with E-state index >= 15 is 0 Å². The van der Waals surface area contributed by atoms with E-state index in [1.807, 2.05) is 13.8 Å². The van der Waals surface area contributed by atoms with Gasteiger partial charge < -0.3 is 4.74 Å². The second kappa shape index (κ2) is 7.52. The summed E-state index contributed by atoms with van der Waals surface area (Å²) in [6.07, 6.45) is 1.77. The second-order valence-corrected chi connectivity index (χ2v) is 6.19. The fraction of sp³-hybridized carbons (Fsp3) is 0.583. The van der Waals surface area contributed by atoms with Crippen molar-refractivity contribution in [2.24, 2.45) is 5.92 Å². The van der Waals surface area contributed by atoms with Crippen LogP contribution in [0.25, 0.3) is 0 Å². The molecule has 19 heavy (non-hydrogen) atoms. The van der Waals surface area contributed by atoms with E-state index in [0.29, 0.717) is 25.6 Å². The number of sulfonamides is 1. The van der Waals surface area contributed by atoms with E-state index in [0.717, 1.165) is 6.07 Å². The van der Waals surface area contributed by atoms with Gasteiger partial charge >= 0.3 is 0 Å². The number of pyridine rings is 1. The predicted molar refractivity (Wildman–Crippen MR) is 69.7 cm³/mol. The Morgan fingerprint density at radius 2 is 2.21 bits per heavy atom. The summed E-state index contributed by atoms with van der Waals surface area (Å²) in [4.78, 5) is 3.53. The highest BCUT2D eigenvalue weighted by molar-refractivity contribution is 7.89. The van der Waals surface area contributed by atoms with E-state index in [9.17, 15) is 12.8 Å². The van der Waals surface area contributed by atoms with E-state index in [4.69, 9.17) is 4.74 Å². The largest absolute Gasteiger partial charge is 0.381 e. The molecule has 0 spiro atoms. The fourth-order valence-corrected chi connectivity index (χ4v) is 2.41. The van der Waals surface area contributed by atoms with Gasteiger partial charge in [0.2, 0.25) is 5.03 Å². The predicted octanol–water partition coefficient (Wildman–Crippen LogP) is 1.56. The topological polar surface area (TPSA) is 68.3 Å². The van der Waals surface area contributed by atoms with Crippen LogP contribution in [0.2, 0.25) is 0 Å². The number of rotatable bonds is 8. The zero-order valence-corrected chi connectivity index (χ0v) is 11.9. The number of aromatic nitrogens is 1. The van der Waals surface area contributed by atoms with Crippen molar-refractivity contribution in [3.8, 4) is 0 Å². The molecule has 0 fully saturated rings. The third-order valence-corrected chi connectivity index (χ3v) is 3.58. The molecule has 0 amide bonds. The summed E-state index contributed by atoms with van der Waals surface area (Å²) < 4.78 is 44.4. The lowest BCUT2D eigenvalue weighted by atomic mass is 10.2. The molecule has 1 aromatic heterocycles. The van der Waals surface area contributed by atoms with Crippen molar-refractivity contribution in [1.82, 2.24) is 9.71 Å².